The lowest BCUT2D eigenvalue weighted by Gasteiger charge is -2.30. The molecule has 1 fully saturated rings. The van der Waals surface area contributed by atoms with Crippen molar-refractivity contribution in [1.82, 2.24) is 15.2 Å². The molecule has 0 aliphatic carbocycles. The van der Waals surface area contributed by atoms with Crippen molar-refractivity contribution < 1.29 is 33.3 Å². The number of likely N-dealkylation sites (tertiary alicyclic amines) is 1. The number of anilines is 1. The topological polar surface area (TPSA) is 113 Å². The van der Waals surface area contributed by atoms with Crippen LogP contribution in [0.15, 0.2) is 72.9 Å². The van der Waals surface area contributed by atoms with Crippen molar-refractivity contribution in [2.75, 3.05) is 44.3 Å². The molecule has 5 rings (SSSR count). The number of methoxy groups -OCH3 is 1. The van der Waals surface area contributed by atoms with Crippen molar-refractivity contribution in [3.05, 3.63) is 84.3 Å². The van der Waals surface area contributed by atoms with E-state index in [9.17, 15) is 14.7 Å². The van der Waals surface area contributed by atoms with Gasteiger partial charge < -0.3 is 19.3 Å². The number of aromatic nitrogens is 1. The number of piperidine rings is 1. The third kappa shape index (κ3) is 8.21. The van der Waals surface area contributed by atoms with Crippen molar-refractivity contribution in [3.8, 4) is 23.0 Å². The summed E-state index contributed by atoms with van der Waals surface area (Å²) in [5.74, 6) is 0.391. The van der Waals surface area contributed by atoms with E-state index in [2.05, 4.69) is 28.0 Å². The number of hydrogen-bond donors (Lipinski definition) is 3. The van der Waals surface area contributed by atoms with Gasteiger partial charge in [0.2, 0.25) is 5.91 Å². The minimum Gasteiger partial charge on any atom is -0.493 e. The summed E-state index contributed by atoms with van der Waals surface area (Å²) in [6.45, 7) is 3.30. The molecule has 0 saturated carbocycles. The highest BCUT2D eigenvalue weighted by molar-refractivity contribution is 7.82. The first kappa shape index (κ1) is 32.0. The number of halogens is 1. The molecule has 10 nitrogen and oxygen atoms in total. The SMILES string of the molecule is COc1cc2c(Oc3ccc(N(S)C(=O)NC(=O)Cc4ccccc4)cc3F)ccnc2cc1OCCN1CCC(CO)CC1. The zero-order valence-electron chi connectivity index (χ0n) is 24.8. The number of ether oxygens (including phenoxy) is 3. The second kappa shape index (κ2) is 15.1. The molecular weight excluding hydrogens is 599 g/mol. The third-order valence-electron chi connectivity index (χ3n) is 7.64. The standard InChI is InChI=1S/C33H35FN4O6S/c1-42-30-19-25-27(20-31(30)43-16-15-37-13-10-23(21-39)11-14-37)35-12-9-28(25)44-29-8-7-24(18-26(29)34)38(45)33(41)36-32(40)17-22-5-3-2-4-6-22/h2-9,12,18-20,23,39,45H,10-11,13-17,21H2,1H3,(H,36,40,41). The molecule has 0 spiro atoms. The van der Waals surface area contributed by atoms with Crippen LogP contribution in [0.25, 0.3) is 10.9 Å². The van der Waals surface area contributed by atoms with Crippen LogP contribution in [0.5, 0.6) is 23.0 Å². The van der Waals surface area contributed by atoms with Gasteiger partial charge in [0, 0.05) is 36.9 Å². The van der Waals surface area contributed by atoms with E-state index in [1.54, 1.807) is 48.7 Å². The molecule has 12 heteroatoms. The summed E-state index contributed by atoms with van der Waals surface area (Å²) in [5, 5.41) is 12.2. The van der Waals surface area contributed by atoms with Gasteiger partial charge in [0.15, 0.2) is 23.1 Å². The van der Waals surface area contributed by atoms with Gasteiger partial charge in [0.05, 0.1) is 24.7 Å². The molecule has 3 aromatic carbocycles. The van der Waals surface area contributed by atoms with Gasteiger partial charge in [-0.1, -0.05) is 43.1 Å². The highest BCUT2D eigenvalue weighted by Crippen LogP contribution is 2.38. The Morgan fingerprint density at radius 2 is 1.82 bits per heavy atom. The van der Waals surface area contributed by atoms with E-state index >= 15 is 4.39 Å². The van der Waals surface area contributed by atoms with E-state index in [-0.39, 0.29) is 24.5 Å². The zero-order chi connectivity index (χ0) is 31.8. The minimum atomic E-state index is -0.816. The maximum absolute atomic E-state index is 15.2. The number of carbonyl (C=O) groups excluding carboxylic acids is 2. The van der Waals surface area contributed by atoms with Crippen LogP contribution >= 0.6 is 12.8 Å². The number of hydrogen-bond acceptors (Lipinski definition) is 9. The van der Waals surface area contributed by atoms with Crippen molar-refractivity contribution >= 4 is 41.3 Å². The summed E-state index contributed by atoms with van der Waals surface area (Å²) < 4.78 is 33.6. The van der Waals surface area contributed by atoms with Crippen LogP contribution in [0.1, 0.15) is 18.4 Å². The van der Waals surface area contributed by atoms with Gasteiger partial charge in [0.1, 0.15) is 12.4 Å². The first-order valence-corrected chi connectivity index (χ1v) is 15.0. The molecule has 0 bridgehead atoms. The fourth-order valence-electron chi connectivity index (χ4n) is 5.10. The summed E-state index contributed by atoms with van der Waals surface area (Å²) in [7, 11) is 1.54. The quantitative estimate of drug-likeness (QED) is 0.188. The zero-order valence-corrected chi connectivity index (χ0v) is 25.7. The number of amides is 3. The van der Waals surface area contributed by atoms with Gasteiger partial charge in [-0.15, -0.1) is 0 Å². The average Bonchev–Trinajstić information content (AvgIpc) is 3.05. The number of aliphatic hydroxyl groups is 1. The van der Waals surface area contributed by atoms with Crippen molar-refractivity contribution in [3.63, 3.8) is 0 Å². The van der Waals surface area contributed by atoms with Crippen LogP contribution in [-0.2, 0) is 11.2 Å². The molecule has 45 heavy (non-hydrogen) atoms. The number of nitrogens with one attached hydrogen (secondary N) is 1. The number of benzene rings is 3. The van der Waals surface area contributed by atoms with Crippen LogP contribution in [0.4, 0.5) is 14.9 Å². The van der Waals surface area contributed by atoms with Gasteiger partial charge in [-0.3, -0.25) is 20.0 Å². The number of fused-ring (bicyclic) bond motifs is 1. The van der Waals surface area contributed by atoms with Crippen LogP contribution in [0.2, 0.25) is 0 Å². The van der Waals surface area contributed by atoms with E-state index in [4.69, 9.17) is 14.2 Å². The van der Waals surface area contributed by atoms with Crippen molar-refractivity contribution in [2.24, 2.45) is 5.92 Å². The van der Waals surface area contributed by atoms with E-state index in [0.29, 0.717) is 40.7 Å². The highest BCUT2D eigenvalue weighted by atomic mass is 32.1. The average molecular weight is 635 g/mol. The summed E-state index contributed by atoms with van der Waals surface area (Å²) in [4.78, 5) is 31.6. The lowest BCUT2D eigenvalue weighted by molar-refractivity contribution is -0.119. The van der Waals surface area contributed by atoms with Gasteiger partial charge in [-0.2, -0.15) is 0 Å². The largest absolute Gasteiger partial charge is 0.493 e. The Balaban J connectivity index is 1.23. The normalized spacial score (nSPS) is 13.8. The number of pyridine rings is 1. The third-order valence-corrected chi connectivity index (χ3v) is 8.06. The van der Waals surface area contributed by atoms with Crippen molar-refractivity contribution in [2.45, 2.75) is 19.3 Å². The molecule has 2 N–H and O–H groups in total. The Hall–Kier alpha value is -4.39. The number of nitrogens with zero attached hydrogens (tertiary/aromatic N) is 3. The number of urea groups is 1. The Bertz CT molecular complexity index is 1630. The summed E-state index contributed by atoms with van der Waals surface area (Å²) in [6, 6.07) is 17.2. The molecule has 0 unspecified atom stereocenters. The Morgan fingerprint density at radius 3 is 2.53 bits per heavy atom. The summed E-state index contributed by atoms with van der Waals surface area (Å²) in [6.07, 6.45) is 3.52. The van der Waals surface area contributed by atoms with Crippen LogP contribution in [0, 0.1) is 11.7 Å². The lowest BCUT2D eigenvalue weighted by atomic mass is 9.98. The molecule has 3 amide bonds. The van der Waals surface area contributed by atoms with E-state index in [1.165, 1.54) is 19.2 Å². The lowest BCUT2D eigenvalue weighted by Crippen LogP contribution is -2.39. The molecule has 1 saturated heterocycles. The van der Waals surface area contributed by atoms with Crippen LogP contribution < -0.4 is 23.8 Å². The van der Waals surface area contributed by atoms with Crippen LogP contribution in [0.3, 0.4) is 0 Å². The maximum atomic E-state index is 15.2. The minimum absolute atomic E-state index is 0.0126. The fraction of sp³-hybridized carbons (Fsp3) is 0.303. The predicted molar refractivity (Wildman–Crippen MR) is 172 cm³/mol. The van der Waals surface area contributed by atoms with Gasteiger partial charge in [0.25, 0.3) is 0 Å². The van der Waals surface area contributed by atoms with Gasteiger partial charge in [-0.05, 0) is 61.7 Å². The molecule has 2 heterocycles. The van der Waals surface area contributed by atoms with E-state index in [1.807, 2.05) is 6.07 Å². The molecule has 1 aromatic heterocycles. The predicted octanol–water partition coefficient (Wildman–Crippen LogP) is 5.39. The molecule has 0 atom stereocenters. The molecular formula is C33H35FN4O6S. The van der Waals surface area contributed by atoms with Crippen molar-refractivity contribution in [1.29, 1.82) is 0 Å². The molecule has 236 valence electrons. The Labute approximate surface area is 266 Å². The van der Waals surface area contributed by atoms with E-state index in [0.717, 1.165) is 48.4 Å². The maximum Gasteiger partial charge on any atom is 0.338 e. The van der Waals surface area contributed by atoms with Gasteiger partial charge >= 0.3 is 6.03 Å². The van der Waals surface area contributed by atoms with E-state index < -0.39 is 17.8 Å². The molecule has 0 radical (unpaired) electrons. The second-order valence-corrected chi connectivity index (χ2v) is 11.1. The number of aliphatic hydroxyl groups excluding tert-OH is 1. The number of imide groups is 1. The smallest absolute Gasteiger partial charge is 0.338 e. The Morgan fingerprint density at radius 1 is 1.04 bits per heavy atom. The number of carbonyl (C=O) groups is 2. The summed E-state index contributed by atoms with van der Waals surface area (Å²) in [5.41, 5.74) is 1.42. The second-order valence-electron chi connectivity index (χ2n) is 10.7. The fourth-order valence-corrected chi connectivity index (χ4v) is 5.28. The first-order valence-electron chi connectivity index (χ1n) is 14.6. The number of rotatable bonds is 11. The first-order chi connectivity index (χ1) is 21.8. The highest BCUT2D eigenvalue weighted by Gasteiger charge is 2.20. The monoisotopic (exact) mass is 634 g/mol. The molecule has 4 aromatic rings. The Kier molecular flexibility index (Phi) is 10.7. The molecule has 1 aliphatic heterocycles. The molecule has 1 aliphatic rings. The number of thiol groups is 1. The summed E-state index contributed by atoms with van der Waals surface area (Å²) >= 11 is 4.15. The van der Waals surface area contributed by atoms with Gasteiger partial charge in [-0.25, -0.2) is 13.5 Å². The van der Waals surface area contributed by atoms with Crippen LogP contribution in [-0.4, -0.2) is 66.9 Å².